The molecule has 0 fully saturated rings. The Bertz CT molecular complexity index is 330. The van der Waals surface area contributed by atoms with Gasteiger partial charge < -0.3 is 10.6 Å². The highest BCUT2D eigenvalue weighted by Gasteiger charge is 2.03. The van der Waals surface area contributed by atoms with Crippen molar-refractivity contribution >= 4 is 16.5 Å². The molecule has 4 heteroatoms. The van der Waals surface area contributed by atoms with Crippen LogP contribution in [-0.2, 0) is 0 Å². The molecule has 1 aromatic rings. The summed E-state index contributed by atoms with van der Waals surface area (Å²) in [5, 5.41) is 9.74. The number of rotatable bonds is 3. The molecule has 0 atom stereocenters. The molecular weight excluding hydrogens is 194 g/mol. The Morgan fingerprint density at radius 2 is 2.57 bits per heavy atom. The van der Waals surface area contributed by atoms with Crippen molar-refractivity contribution in [2.75, 3.05) is 25.0 Å². The lowest BCUT2D eigenvalue weighted by atomic mass is 10.1. The highest BCUT2D eigenvalue weighted by Crippen LogP contribution is 2.15. The van der Waals surface area contributed by atoms with Gasteiger partial charge in [0.15, 0.2) is 5.13 Å². The third kappa shape index (κ3) is 2.56. The molecular formula is C10H15N3S. The molecule has 3 nitrogen and oxygen atoms in total. The molecule has 1 aliphatic rings. The molecule has 14 heavy (non-hydrogen) atoms. The van der Waals surface area contributed by atoms with Crippen LogP contribution in [-0.4, -0.2) is 24.6 Å². The predicted molar refractivity (Wildman–Crippen MR) is 60.9 cm³/mol. The van der Waals surface area contributed by atoms with E-state index in [0.29, 0.717) is 0 Å². The Morgan fingerprint density at radius 1 is 1.64 bits per heavy atom. The molecule has 0 saturated carbocycles. The fourth-order valence-corrected chi connectivity index (χ4v) is 2.14. The van der Waals surface area contributed by atoms with Gasteiger partial charge in [0.1, 0.15) is 0 Å². The smallest absolute Gasteiger partial charge is 0.183 e. The molecule has 76 valence electrons. The van der Waals surface area contributed by atoms with E-state index in [1.165, 1.54) is 5.57 Å². The molecule has 0 bridgehead atoms. The zero-order valence-corrected chi connectivity index (χ0v) is 9.16. The van der Waals surface area contributed by atoms with Crippen LogP contribution in [0.4, 0.5) is 5.13 Å². The van der Waals surface area contributed by atoms with Crippen LogP contribution in [0, 0.1) is 6.92 Å². The van der Waals surface area contributed by atoms with E-state index in [9.17, 15) is 0 Å². The molecule has 2 heterocycles. The molecule has 1 aromatic heterocycles. The molecule has 0 spiro atoms. The first-order chi connectivity index (χ1) is 6.84. The number of aryl methyl sites for hydroxylation is 1. The van der Waals surface area contributed by atoms with E-state index in [2.05, 4.69) is 27.1 Å². The van der Waals surface area contributed by atoms with Gasteiger partial charge >= 0.3 is 0 Å². The van der Waals surface area contributed by atoms with Crippen molar-refractivity contribution < 1.29 is 0 Å². The molecule has 2 N–H and O–H groups in total. The summed E-state index contributed by atoms with van der Waals surface area (Å²) < 4.78 is 0. The molecule has 0 radical (unpaired) electrons. The molecule has 0 aromatic carbocycles. The normalized spacial score (nSPS) is 16.5. The quantitative estimate of drug-likeness (QED) is 0.745. The van der Waals surface area contributed by atoms with Crippen LogP contribution in [0.1, 0.15) is 12.1 Å². The summed E-state index contributed by atoms with van der Waals surface area (Å²) in [6.45, 7) is 5.07. The number of nitrogens with zero attached hydrogens (tertiary/aromatic N) is 1. The maximum atomic E-state index is 4.36. The van der Waals surface area contributed by atoms with Crippen molar-refractivity contribution in [1.82, 2.24) is 10.3 Å². The van der Waals surface area contributed by atoms with Gasteiger partial charge in [-0.15, -0.1) is 11.3 Å². The summed E-state index contributed by atoms with van der Waals surface area (Å²) in [7, 11) is 0. The zero-order valence-electron chi connectivity index (χ0n) is 8.34. The third-order valence-corrected chi connectivity index (χ3v) is 3.16. The second-order valence-corrected chi connectivity index (χ2v) is 4.32. The standard InChI is InChI=1S/C10H15N3S/c1-8-7-14-10(13-8)12-6-9-2-4-11-5-3-9/h2,7,11H,3-6H2,1H3,(H,12,13). The Kier molecular flexibility index (Phi) is 3.16. The summed E-state index contributed by atoms with van der Waals surface area (Å²) in [4.78, 5) is 4.36. The Balaban J connectivity index is 1.84. The van der Waals surface area contributed by atoms with Crippen molar-refractivity contribution in [1.29, 1.82) is 0 Å². The van der Waals surface area contributed by atoms with Crippen molar-refractivity contribution in [3.05, 3.63) is 22.7 Å². The Hall–Kier alpha value is -0.870. The second-order valence-electron chi connectivity index (χ2n) is 3.46. The number of nitrogens with one attached hydrogen (secondary N) is 2. The molecule has 0 unspecified atom stereocenters. The van der Waals surface area contributed by atoms with Crippen LogP contribution in [0.15, 0.2) is 17.0 Å². The van der Waals surface area contributed by atoms with Gasteiger partial charge in [0, 0.05) is 18.5 Å². The van der Waals surface area contributed by atoms with E-state index < -0.39 is 0 Å². The molecule has 1 aliphatic heterocycles. The van der Waals surface area contributed by atoms with Gasteiger partial charge in [0.05, 0.1) is 5.69 Å². The maximum Gasteiger partial charge on any atom is 0.183 e. The summed E-state index contributed by atoms with van der Waals surface area (Å²) in [6, 6.07) is 0. The maximum absolute atomic E-state index is 4.36. The van der Waals surface area contributed by atoms with Crippen LogP contribution in [0.2, 0.25) is 0 Å². The van der Waals surface area contributed by atoms with E-state index in [1.807, 2.05) is 6.92 Å². The SMILES string of the molecule is Cc1csc(NCC2=CCNCC2)n1. The van der Waals surface area contributed by atoms with Crippen molar-refractivity contribution in [3.63, 3.8) is 0 Å². The first kappa shape index (κ1) is 9.68. The molecule has 2 rings (SSSR count). The first-order valence-corrected chi connectivity index (χ1v) is 5.77. The Labute approximate surface area is 88.3 Å². The van der Waals surface area contributed by atoms with E-state index >= 15 is 0 Å². The van der Waals surface area contributed by atoms with Gasteiger partial charge in [-0.05, 0) is 19.9 Å². The van der Waals surface area contributed by atoms with Crippen LogP contribution >= 0.6 is 11.3 Å². The molecule has 0 amide bonds. The minimum atomic E-state index is 0.939. The van der Waals surface area contributed by atoms with Crippen LogP contribution in [0.3, 0.4) is 0 Å². The minimum Gasteiger partial charge on any atom is -0.358 e. The van der Waals surface area contributed by atoms with E-state index in [4.69, 9.17) is 0 Å². The van der Waals surface area contributed by atoms with Crippen molar-refractivity contribution in [2.45, 2.75) is 13.3 Å². The number of thiazole rings is 1. The molecule has 0 aliphatic carbocycles. The lowest BCUT2D eigenvalue weighted by Crippen LogP contribution is -2.23. The van der Waals surface area contributed by atoms with E-state index in [0.717, 1.165) is 36.9 Å². The highest BCUT2D eigenvalue weighted by molar-refractivity contribution is 7.13. The fourth-order valence-electron chi connectivity index (χ4n) is 1.45. The van der Waals surface area contributed by atoms with E-state index in [1.54, 1.807) is 11.3 Å². The topological polar surface area (TPSA) is 37.0 Å². The number of anilines is 1. The van der Waals surface area contributed by atoms with Crippen LogP contribution in [0.5, 0.6) is 0 Å². The summed E-state index contributed by atoms with van der Waals surface area (Å²) in [5.74, 6) is 0. The van der Waals surface area contributed by atoms with Gasteiger partial charge in [-0.2, -0.15) is 0 Å². The monoisotopic (exact) mass is 209 g/mol. The van der Waals surface area contributed by atoms with Gasteiger partial charge in [0.25, 0.3) is 0 Å². The predicted octanol–water partition coefficient (Wildman–Crippen LogP) is 1.78. The number of aromatic nitrogens is 1. The Morgan fingerprint density at radius 3 is 3.21 bits per heavy atom. The first-order valence-electron chi connectivity index (χ1n) is 4.89. The lowest BCUT2D eigenvalue weighted by molar-refractivity contribution is 0.698. The van der Waals surface area contributed by atoms with Crippen LogP contribution in [0.25, 0.3) is 0 Å². The molecule has 0 saturated heterocycles. The van der Waals surface area contributed by atoms with Crippen LogP contribution < -0.4 is 10.6 Å². The summed E-state index contributed by atoms with van der Waals surface area (Å²) in [5.41, 5.74) is 2.58. The third-order valence-electron chi connectivity index (χ3n) is 2.24. The summed E-state index contributed by atoms with van der Waals surface area (Å²) in [6.07, 6.45) is 3.41. The van der Waals surface area contributed by atoms with Crippen molar-refractivity contribution in [2.24, 2.45) is 0 Å². The fraction of sp³-hybridized carbons (Fsp3) is 0.500. The van der Waals surface area contributed by atoms with Crippen molar-refractivity contribution in [3.8, 4) is 0 Å². The average Bonchev–Trinajstić information content (AvgIpc) is 2.63. The van der Waals surface area contributed by atoms with Gasteiger partial charge in [-0.1, -0.05) is 11.6 Å². The average molecular weight is 209 g/mol. The largest absolute Gasteiger partial charge is 0.358 e. The highest BCUT2D eigenvalue weighted by atomic mass is 32.1. The zero-order chi connectivity index (χ0) is 9.80. The minimum absolute atomic E-state index is 0.939. The van der Waals surface area contributed by atoms with E-state index in [-0.39, 0.29) is 0 Å². The number of hydrogen-bond acceptors (Lipinski definition) is 4. The van der Waals surface area contributed by atoms with Gasteiger partial charge in [-0.25, -0.2) is 4.98 Å². The lowest BCUT2D eigenvalue weighted by Gasteiger charge is -2.13. The second kappa shape index (κ2) is 4.57. The van der Waals surface area contributed by atoms with Gasteiger partial charge in [-0.3, -0.25) is 0 Å². The number of hydrogen-bond donors (Lipinski definition) is 2. The van der Waals surface area contributed by atoms with Gasteiger partial charge in [0.2, 0.25) is 0 Å². The summed E-state index contributed by atoms with van der Waals surface area (Å²) >= 11 is 1.67.